The largest absolute Gasteiger partial charge is 0.369 e. The number of sulfonamides is 1. The maximum absolute atomic E-state index is 13.2. The lowest BCUT2D eigenvalue weighted by molar-refractivity contribution is -0.193. The van der Waals surface area contributed by atoms with Gasteiger partial charge in [0.2, 0.25) is 10.0 Å². The second kappa shape index (κ2) is 8.84. The molecule has 1 aliphatic carbocycles. The highest BCUT2D eigenvalue weighted by atomic mass is 35.5. The van der Waals surface area contributed by atoms with Crippen molar-refractivity contribution in [1.82, 2.24) is 9.79 Å². The molecule has 2 N–H and O–H groups in total. The summed E-state index contributed by atoms with van der Waals surface area (Å²) in [5.41, 5.74) is 1.48. The molecule has 1 aromatic rings. The van der Waals surface area contributed by atoms with Crippen molar-refractivity contribution in [3.8, 4) is 0 Å². The first-order valence-corrected chi connectivity index (χ1v) is 12.5. The first-order valence-electron chi connectivity index (χ1n) is 10.5. The van der Waals surface area contributed by atoms with E-state index in [2.05, 4.69) is 4.90 Å². The normalized spacial score (nSPS) is 23.7. The number of carbonyl (C=O) groups excluding carboxylic acids is 1. The van der Waals surface area contributed by atoms with E-state index in [4.69, 9.17) is 21.1 Å². The Morgan fingerprint density at radius 3 is 2.16 bits per heavy atom. The van der Waals surface area contributed by atoms with Crippen LogP contribution in [-0.4, -0.2) is 74.8 Å². The number of hydroxylamine groups is 1. The minimum Gasteiger partial charge on any atom is -0.369 e. The fraction of sp³-hybridized carbons (Fsp3) is 0.650. The molecule has 2 aliphatic heterocycles. The van der Waals surface area contributed by atoms with Gasteiger partial charge in [-0.15, -0.1) is 0 Å². The zero-order valence-electron chi connectivity index (χ0n) is 17.3. The molecule has 1 saturated carbocycles. The Balaban J connectivity index is 1.42. The molecule has 11 heteroatoms. The van der Waals surface area contributed by atoms with Crippen LogP contribution in [0.1, 0.15) is 25.7 Å². The van der Waals surface area contributed by atoms with Crippen molar-refractivity contribution >= 4 is 33.2 Å². The van der Waals surface area contributed by atoms with Crippen molar-refractivity contribution in [3.63, 3.8) is 0 Å². The van der Waals surface area contributed by atoms with E-state index in [-0.39, 0.29) is 18.6 Å². The fourth-order valence-corrected chi connectivity index (χ4v) is 6.91. The van der Waals surface area contributed by atoms with Crippen LogP contribution in [0.3, 0.4) is 0 Å². The summed E-state index contributed by atoms with van der Waals surface area (Å²) in [5.74, 6) is -1.74. The van der Waals surface area contributed by atoms with Crippen LogP contribution in [0.5, 0.6) is 0 Å². The summed E-state index contributed by atoms with van der Waals surface area (Å²) in [6, 6.07) is 7.45. The van der Waals surface area contributed by atoms with E-state index < -0.39 is 27.1 Å². The van der Waals surface area contributed by atoms with Crippen LogP contribution in [0.25, 0.3) is 0 Å². The number of rotatable bonds is 5. The van der Waals surface area contributed by atoms with Crippen LogP contribution in [0.2, 0.25) is 5.02 Å². The Hall–Kier alpha value is -1.43. The Labute approximate surface area is 187 Å². The molecule has 0 atom stereocenters. The van der Waals surface area contributed by atoms with Gasteiger partial charge in [0, 0.05) is 49.7 Å². The molecular formula is C20H28ClN3O6S. The van der Waals surface area contributed by atoms with Crippen molar-refractivity contribution < 1.29 is 27.9 Å². The number of nitrogens with zero attached hydrogens (tertiary/aromatic N) is 2. The van der Waals surface area contributed by atoms with Gasteiger partial charge in [0.25, 0.3) is 5.91 Å². The standard InChI is InChI=1S/C20H28ClN3O6S/c21-16-1-3-17(4-2-16)23-9-11-24(12-10-23)31(27,28)15-19(18(25)22-26)5-7-20(8-6-19)29-13-14-30-20/h1-4,26H,5-15H2,(H,22,25). The number of ether oxygens (including phenoxy) is 2. The summed E-state index contributed by atoms with van der Waals surface area (Å²) in [5, 5.41) is 9.96. The van der Waals surface area contributed by atoms with Gasteiger partial charge in [0.05, 0.1) is 24.4 Å². The van der Waals surface area contributed by atoms with E-state index in [1.54, 1.807) is 5.48 Å². The Kier molecular flexibility index (Phi) is 6.49. The van der Waals surface area contributed by atoms with E-state index in [0.29, 0.717) is 57.3 Å². The average molecular weight is 474 g/mol. The van der Waals surface area contributed by atoms with Crippen LogP contribution in [0.4, 0.5) is 5.69 Å². The molecule has 0 aromatic heterocycles. The monoisotopic (exact) mass is 473 g/mol. The number of benzene rings is 1. The zero-order chi connectivity index (χ0) is 22.1. The average Bonchev–Trinajstić information content (AvgIpc) is 3.24. The van der Waals surface area contributed by atoms with Gasteiger partial charge >= 0.3 is 0 Å². The van der Waals surface area contributed by atoms with Crippen molar-refractivity contribution in [2.24, 2.45) is 5.41 Å². The van der Waals surface area contributed by atoms with Gasteiger partial charge in [-0.05, 0) is 37.1 Å². The lowest BCUT2D eigenvalue weighted by atomic mass is 9.72. The number of halogens is 1. The van der Waals surface area contributed by atoms with Gasteiger partial charge in [0.1, 0.15) is 0 Å². The second-order valence-electron chi connectivity index (χ2n) is 8.45. The summed E-state index contributed by atoms with van der Waals surface area (Å²) in [7, 11) is -3.71. The van der Waals surface area contributed by atoms with Crippen LogP contribution < -0.4 is 10.4 Å². The van der Waals surface area contributed by atoms with Crippen molar-refractivity contribution in [1.29, 1.82) is 0 Å². The van der Waals surface area contributed by atoms with Gasteiger partial charge in [0.15, 0.2) is 5.79 Å². The lowest BCUT2D eigenvalue weighted by Gasteiger charge is -2.43. The third-order valence-electron chi connectivity index (χ3n) is 6.65. The minimum absolute atomic E-state index is 0.267. The van der Waals surface area contributed by atoms with Gasteiger partial charge in [-0.3, -0.25) is 10.0 Å². The topological polar surface area (TPSA) is 108 Å². The molecule has 1 aromatic carbocycles. The van der Waals surface area contributed by atoms with E-state index in [1.807, 2.05) is 24.3 Å². The maximum Gasteiger partial charge on any atom is 0.250 e. The van der Waals surface area contributed by atoms with Crippen LogP contribution in [0, 0.1) is 5.41 Å². The van der Waals surface area contributed by atoms with Gasteiger partial charge in [-0.25, -0.2) is 13.9 Å². The lowest BCUT2D eigenvalue weighted by Crippen LogP contribution is -2.55. The van der Waals surface area contributed by atoms with E-state index >= 15 is 0 Å². The zero-order valence-corrected chi connectivity index (χ0v) is 18.8. The Bertz CT molecular complexity index is 886. The summed E-state index contributed by atoms with van der Waals surface area (Å²) >= 11 is 5.94. The van der Waals surface area contributed by atoms with Gasteiger partial charge < -0.3 is 14.4 Å². The number of piperazine rings is 1. The molecule has 1 spiro atoms. The highest BCUT2D eigenvalue weighted by Gasteiger charge is 2.52. The number of carbonyl (C=O) groups is 1. The summed E-state index contributed by atoms with van der Waals surface area (Å²) < 4.78 is 39.3. The molecule has 0 bridgehead atoms. The molecule has 2 saturated heterocycles. The van der Waals surface area contributed by atoms with Crippen LogP contribution >= 0.6 is 11.6 Å². The van der Waals surface area contributed by atoms with E-state index in [1.165, 1.54) is 4.31 Å². The molecule has 0 unspecified atom stereocenters. The molecule has 172 valence electrons. The SMILES string of the molecule is O=C(NO)C1(CS(=O)(=O)N2CCN(c3ccc(Cl)cc3)CC2)CCC2(CC1)OCCO2. The van der Waals surface area contributed by atoms with Gasteiger partial charge in [-0.1, -0.05) is 11.6 Å². The second-order valence-corrected chi connectivity index (χ2v) is 10.9. The number of hydrogen-bond acceptors (Lipinski definition) is 7. The van der Waals surface area contributed by atoms with Crippen LogP contribution in [0.15, 0.2) is 24.3 Å². The predicted molar refractivity (Wildman–Crippen MR) is 114 cm³/mol. The summed E-state index contributed by atoms with van der Waals surface area (Å²) in [4.78, 5) is 14.7. The highest BCUT2D eigenvalue weighted by Crippen LogP contribution is 2.46. The summed E-state index contributed by atoms with van der Waals surface area (Å²) in [6.45, 7) is 2.75. The quantitative estimate of drug-likeness (QED) is 0.494. The first kappa shape index (κ1) is 22.8. The number of hydrogen-bond donors (Lipinski definition) is 2. The van der Waals surface area contributed by atoms with Gasteiger partial charge in [-0.2, -0.15) is 4.31 Å². The molecular weight excluding hydrogens is 446 g/mol. The summed E-state index contributed by atoms with van der Waals surface area (Å²) in [6.07, 6.45) is 1.37. The Morgan fingerprint density at radius 1 is 1.03 bits per heavy atom. The molecule has 3 aliphatic rings. The molecule has 31 heavy (non-hydrogen) atoms. The minimum atomic E-state index is -3.71. The van der Waals surface area contributed by atoms with E-state index in [9.17, 15) is 18.4 Å². The number of anilines is 1. The maximum atomic E-state index is 13.2. The third kappa shape index (κ3) is 4.69. The number of amides is 1. The van der Waals surface area contributed by atoms with Crippen molar-refractivity contribution in [3.05, 3.63) is 29.3 Å². The first-order chi connectivity index (χ1) is 14.8. The van der Waals surface area contributed by atoms with Crippen molar-refractivity contribution in [2.75, 3.05) is 50.0 Å². The highest BCUT2D eigenvalue weighted by molar-refractivity contribution is 7.89. The molecule has 4 rings (SSSR count). The predicted octanol–water partition coefficient (Wildman–Crippen LogP) is 1.60. The molecule has 2 heterocycles. The molecule has 0 radical (unpaired) electrons. The molecule has 9 nitrogen and oxygen atoms in total. The smallest absolute Gasteiger partial charge is 0.250 e. The Morgan fingerprint density at radius 2 is 1.61 bits per heavy atom. The van der Waals surface area contributed by atoms with Crippen LogP contribution in [-0.2, 0) is 24.3 Å². The molecule has 1 amide bonds. The fourth-order valence-electron chi connectivity index (χ4n) is 4.77. The van der Waals surface area contributed by atoms with Crippen molar-refractivity contribution in [2.45, 2.75) is 31.5 Å². The van der Waals surface area contributed by atoms with E-state index in [0.717, 1.165) is 5.69 Å². The molecule has 3 fully saturated rings. The third-order valence-corrected chi connectivity index (χ3v) is 8.97. The number of nitrogens with one attached hydrogen (secondary N) is 1.